The highest BCUT2D eigenvalue weighted by Gasteiger charge is 2.13. The Morgan fingerprint density at radius 2 is 1.95 bits per heavy atom. The molecule has 0 bridgehead atoms. The van der Waals surface area contributed by atoms with E-state index in [0.717, 1.165) is 22.7 Å². The molecule has 96 valence electrons. The molecule has 1 heterocycles. The quantitative estimate of drug-likeness (QED) is 0.724. The molecule has 0 unspecified atom stereocenters. The summed E-state index contributed by atoms with van der Waals surface area (Å²) in [5.74, 6) is 0.0593. The molecule has 0 saturated carbocycles. The van der Waals surface area contributed by atoms with Gasteiger partial charge in [0.05, 0.1) is 16.6 Å². The zero-order chi connectivity index (χ0) is 13.6. The van der Waals surface area contributed by atoms with E-state index in [4.69, 9.17) is 0 Å². The molecule has 0 aliphatic carbocycles. The highest BCUT2D eigenvalue weighted by atomic mass is 19.1. The molecule has 0 atom stereocenters. The largest absolute Gasteiger partial charge is 0.507 e. The van der Waals surface area contributed by atoms with Crippen molar-refractivity contribution < 1.29 is 9.50 Å². The number of fused-ring (bicyclic) bond motifs is 1. The first-order valence-corrected chi connectivity index (χ1v) is 5.98. The van der Waals surface area contributed by atoms with Gasteiger partial charge in [-0.1, -0.05) is 6.07 Å². The van der Waals surface area contributed by atoms with E-state index >= 15 is 0 Å². The lowest BCUT2D eigenvalue weighted by atomic mass is 10.2. The van der Waals surface area contributed by atoms with Crippen LogP contribution in [0.15, 0.2) is 36.4 Å². The van der Waals surface area contributed by atoms with Crippen molar-refractivity contribution in [1.29, 1.82) is 0 Å². The van der Waals surface area contributed by atoms with Crippen LogP contribution in [0.2, 0.25) is 0 Å². The summed E-state index contributed by atoms with van der Waals surface area (Å²) in [4.78, 5) is 4.51. The molecule has 3 aromatic rings. The average molecular weight is 256 g/mol. The van der Waals surface area contributed by atoms with Crippen LogP contribution in [-0.2, 0) is 7.05 Å². The lowest BCUT2D eigenvalue weighted by Gasteiger charge is -2.05. The van der Waals surface area contributed by atoms with Gasteiger partial charge in [-0.3, -0.25) is 0 Å². The van der Waals surface area contributed by atoms with Gasteiger partial charge in [-0.15, -0.1) is 0 Å². The lowest BCUT2D eigenvalue weighted by molar-refractivity contribution is 0.470. The van der Waals surface area contributed by atoms with Gasteiger partial charge in [0.25, 0.3) is 0 Å². The summed E-state index contributed by atoms with van der Waals surface area (Å²) < 4.78 is 14.9. The number of imidazole rings is 1. The fourth-order valence-electron chi connectivity index (χ4n) is 2.24. The number of phenolic OH excluding ortho intramolecular Hbond substituents is 1. The summed E-state index contributed by atoms with van der Waals surface area (Å²) in [5.41, 5.74) is 3.49. The molecule has 0 saturated heterocycles. The molecular formula is C15H13FN2O. The summed E-state index contributed by atoms with van der Waals surface area (Å²) in [6.45, 7) is 2.00. The summed E-state index contributed by atoms with van der Waals surface area (Å²) in [7, 11) is 1.88. The number of hydrogen-bond acceptors (Lipinski definition) is 2. The van der Waals surface area contributed by atoms with Crippen LogP contribution in [0.25, 0.3) is 22.4 Å². The van der Waals surface area contributed by atoms with E-state index in [-0.39, 0.29) is 5.75 Å². The van der Waals surface area contributed by atoms with Crippen LogP contribution in [0.4, 0.5) is 4.39 Å². The van der Waals surface area contributed by atoms with Crippen molar-refractivity contribution in [1.82, 2.24) is 9.55 Å². The minimum atomic E-state index is -0.462. The second kappa shape index (κ2) is 4.09. The third-order valence-corrected chi connectivity index (χ3v) is 3.24. The van der Waals surface area contributed by atoms with Crippen LogP contribution in [-0.4, -0.2) is 14.7 Å². The summed E-state index contributed by atoms with van der Waals surface area (Å²) in [6.07, 6.45) is 0. The van der Waals surface area contributed by atoms with Crippen LogP contribution in [0.5, 0.6) is 5.75 Å². The van der Waals surface area contributed by atoms with E-state index in [0.29, 0.717) is 11.4 Å². The number of benzene rings is 2. The monoisotopic (exact) mass is 256 g/mol. The van der Waals surface area contributed by atoms with Crippen molar-refractivity contribution in [2.24, 2.45) is 7.05 Å². The lowest BCUT2D eigenvalue weighted by Crippen LogP contribution is -1.93. The summed E-state index contributed by atoms with van der Waals surface area (Å²) in [5, 5.41) is 9.86. The van der Waals surface area contributed by atoms with Crippen LogP contribution in [0, 0.1) is 12.7 Å². The fraction of sp³-hybridized carbons (Fsp3) is 0.133. The Bertz CT molecular complexity index is 777. The molecule has 1 aromatic heterocycles. The highest BCUT2D eigenvalue weighted by molar-refractivity contribution is 5.82. The second-order valence-electron chi connectivity index (χ2n) is 4.65. The van der Waals surface area contributed by atoms with E-state index in [9.17, 15) is 9.50 Å². The van der Waals surface area contributed by atoms with Crippen LogP contribution >= 0.6 is 0 Å². The van der Waals surface area contributed by atoms with E-state index < -0.39 is 5.82 Å². The Morgan fingerprint density at radius 3 is 2.68 bits per heavy atom. The molecule has 0 aliphatic rings. The van der Waals surface area contributed by atoms with E-state index in [1.807, 2.05) is 36.7 Å². The fourth-order valence-corrected chi connectivity index (χ4v) is 2.24. The van der Waals surface area contributed by atoms with Gasteiger partial charge in [0.2, 0.25) is 0 Å². The molecule has 0 spiro atoms. The van der Waals surface area contributed by atoms with Crippen molar-refractivity contribution in [3.63, 3.8) is 0 Å². The summed E-state index contributed by atoms with van der Waals surface area (Å²) in [6, 6.07) is 9.94. The normalized spacial score (nSPS) is 11.1. The SMILES string of the molecule is Cc1ccc2c(c1)nc(-c1ccc(F)cc1O)n2C. The molecule has 1 N–H and O–H groups in total. The number of halogens is 1. The number of hydrogen-bond donors (Lipinski definition) is 1. The zero-order valence-electron chi connectivity index (χ0n) is 10.7. The van der Waals surface area contributed by atoms with Gasteiger partial charge in [-0.25, -0.2) is 9.37 Å². The molecular weight excluding hydrogens is 243 g/mol. The van der Waals surface area contributed by atoms with Crippen LogP contribution in [0.3, 0.4) is 0 Å². The number of aromatic nitrogens is 2. The molecule has 0 radical (unpaired) electrons. The zero-order valence-corrected chi connectivity index (χ0v) is 10.7. The van der Waals surface area contributed by atoms with E-state index in [2.05, 4.69) is 4.98 Å². The molecule has 2 aromatic carbocycles. The summed E-state index contributed by atoms with van der Waals surface area (Å²) >= 11 is 0. The predicted octanol–water partition coefficient (Wildman–Crippen LogP) is 3.39. The van der Waals surface area contributed by atoms with Gasteiger partial charge < -0.3 is 9.67 Å². The first kappa shape index (κ1) is 11.7. The van der Waals surface area contributed by atoms with Gasteiger partial charge in [-0.05, 0) is 36.8 Å². The standard InChI is InChI=1S/C15H13FN2O/c1-9-3-6-13-12(7-9)17-15(18(13)2)11-5-4-10(16)8-14(11)19/h3-8,19H,1-2H3. The Hall–Kier alpha value is -2.36. The molecule has 19 heavy (non-hydrogen) atoms. The van der Waals surface area contributed by atoms with E-state index in [1.54, 1.807) is 6.07 Å². The predicted molar refractivity (Wildman–Crippen MR) is 72.5 cm³/mol. The number of rotatable bonds is 1. The molecule has 3 rings (SSSR count). The molecule has 3 nitrogen and oxygen atoms in total. The number of phenols is 1. The third-order valence-electron chi connectivity index (χ3n) is 3.24. The van der Waals surface area contributed by atoms with Crippen molar-refractivity contribution in [3.05, 3.63) is 47.8 Å². The maximum atomic E-state index is 13.0. The molecule has 0 aliphatic heterocycles. The first-order chi connectivity index (χ1) is 9.06. The maximum absolute atomic E-state index is 13.0. The van der Waals surface area contributed by atoms with Gasteiger partial charge in [-0.2, -0.15) is 0 Å². The Morgan fingerprint density at radius 1 is 1.16 bits per heavy atom. The van der Waals surface area contributed by atoms with Crippen LogP contribution < -0.4 is 0 Å². The number of aromatic hydroxyl groups is 1. The molecule has 0 amide bonds. The van der Waals surface area contributed by atoms with Crippen molar-refractivity contribution in [2.45, 2.75) is 6.92 Å². The van der Waals surface area contributed by atoms with Crippen molar-refractivity contribution in [2.75, 3.05) is 0 Å². The minimum Gasteiger partial charge on any atom is -0.507 e. The smallest absolute Gasteiger partial charge is 0.144 e. The highest BCUT2D eigenvalue weighted by Crippen LogP contribution is 2.31. The maximum Gasteiger partial charge on any atom is 0.144 e. The Kier molecular flexibility index (Phi) is 2.52. The first-order valence-electron chi connectivity index (χ1n) is 5.98. The molecule has 4 heteroatoms. The van der Waals surface area contributed by atoms with Crippen LogP contribution in [0.1, 0.15) is 5.56 Å². The Labute approximate surface area is 109 Å². The van der Waals surface area contributed by atoms with Gasteiger partial charge in [0, 0.05) is 13.1 Å². The van der Waals surface area contributed by atoms with Gasteiger partial charge >= 0.3 is 0 Å². The second-order valence-corrected chi connectivity index (χ2v) is 4.65. The molecule has 0 fully saturated rings. The van der Waals surface area contributed by atoms with Gasteiger partial charge in [0.1, 0.15) is 17.4 Å². The van der Waals surface area contributed by atoms with Gasteiger partial charge in [0.15, 0.2) is 0 Å². The minimum absolute atomic E-state index is 0.102. The Balaban J connectivity index is 2.27. The number of aryl methyl sites for hydroxylation is 2. The van der Waals surface area contributed by atoms with E-state index in [1.165, 1.54) is 6.07 Å². The third kappa shape index (κ3) is 1.85. The van der Waals surface area contributed by atoms with Crippen molar-refractivity contribution >= 4 is 11.0 Å². The average Bonchev–Trinajstić information content (AvgIpc) is 2.66. The van der Waals surface area contributed by atoms with Crippen molar-refractivity contribution in [3.8, 4) is 17.1 Å². The topological polar surface area (TPSA) is 38.1 Å². The number of nitrogens with zero attached hydrogens (tertiary/aromatic N) is 2.